The van der Waals surface area contributed by atoms with Crippen LogP contribution in [0.1, 0.15) is 36.5 Å². The molecule has 2 heterocycles. The smallest absolute Gasteiger partial charge is 0.222 e. The molecule has 2 fully saturated rings. The Morgan fingerprint density at radius 2 is 1.94 bits per heavy atom. The van der Waals surface area contributed by atoms with Crippen LogP contribution in [0, 0.1) is 0 Å². The number of hydrogen-bond donors (Lipinski definition) is 1. The number of aromatic nitrogens is 2. The highest BCUT2D eigenvalue weighted by atomic mass is 16.4. The summed E-state index contributed by atoms with van der Waals surface area (Å²) in [5.74, 6) is 2.24. The molecule has 17 heavy (non-hydrogen) atoms. The summed E-state index contributed by atoms with van der Waals surface area (Å²) in [5.41, 5.74) is 0. The quantitative estimate of drug-likeness (QED) is 0.750. The predicted octanol–water partition coefficient (Wildman–Crippen LogP) is 0.0906. The van der Waals surface area contributed by atoms with Gasteiger partial charge in [-0.1, -0.05) is 0 Å². The van der Waals surface area contributed by atoms with Gasteiger partial charge < -0.3 is 14.6 Å². The standard InChI is InChI=1S/C11H16N4O2/c1-15-4-8(5-15)11-14-13-10(17-11)7-2-9(3-7)12-6-16/h6-9H,2-5H2,1H3,(H,12,16). The lowest BCUT2D eigenvalue weighted by atomic mass is 9.80. The zero-order valence-corrected chi connectivity index (χ0v) is 9.80. The van der Waals surface area contributed by atoms with Crippen molar-refractivity contribution in [2.45, 2.75) is 30.7 Å². The molecule has 1 aromatic heterocycles. The van der Waals surface area contributed by atoms with E-state index in [0.29, 0.717) is 11.8 Å². The average molecular weight is 236 g/mol. The summed E-state index contributed by atoms with van der Waals surface area (Å²) in [6.07, 6.45) is 2.57. The first kappa shape index (κ1) is 10.7. The number of carbonyl (C=O) groups excluding carboxylic acids is 1. The second-order valence-electron chi connectivity index (χ2n) is 5.05. The zero-order valence-electron chi connectivity index (χ0n) is 9.80. The van der Waals surface area contributed by atoms with Crippen LogP contribution in [-0.4, -0.2) is 47.7 Å². The third-order valence-corrected chi connectivity index (χ3v) is 3.66. The fourth-order valence-electron chi connectivity index (χ4n) is 2.48. The molecule has 1 amide bonds. The van der Waals surface area contributed by atoms with E-state index in [9.17, 15) is 4.79 Å². The fraction of sp³-hybridized carbons (Fsp3) is 0.727. The molecule has 0 radical (unpaired) electrons. The van der Waals surface area contributed by atoms with Crippen molar-refractivity contribution in [1.82, 2.24) is 20.4 Å². The molecule has 1 aliphatic carbocycles. The van der Waals surface area contributed by atoms with Gasteiger partial charge in [-0.3, -0.25) is 4.79 Å². The van der Waals surface area contributed by atoms with E-state index in [2.05, 4.69) is 27.5 Å². The van der Waals surface area contributed by atoms with Gasteiger partial charge in [0.25, 0.3) is 0 Å². The minimum absolute atomic E-state index is 0.280. The molecular weight excluding hydrogens is 220 g/mol. The summed E-state index contributed by atoms with van der Waals surface area (Å²) in [4.78, 5) is 12.5. The molecule has 0 unspecified atom stereocenters. The molecular formula is C11H16N4O2. The van der Waals surface area contributed by atoms with Crippen molar-refractivity contribution in [3.05, 3.63) is 11.8 Å². The molecule has 1 aliphatic heterocycles. The van der Waals surface area contributed by atoms with Crippen molar-refractivity contribution in [3.63, 3.8) is 0 Å². The van der Waals surface area contributed by atoms with Gasteiger partial charge in [0, 0.05) is 25.0 Å². The summed E-state index contributed by atoms with van der Waals surface area (Å²) >= 11 is 0. The summed E-state index contributed by atoms with van der Waals surface area (Å²) < 4.78 is 5.70. The number of amides is 1. The van der Waals surface area contributed by atoms with E-state index in [-0.39, 0.29) is 6.04 Å². The van der Waals surface area contributed by atoms with E-state index in [0.717, 1.165) is 44.1 Å². The lowest BCUT2D eigenvalue weighted by molar-refractivity contribution is -0.110. The van der Waals surface area contributed by atoms with Crippen LogP contribution in [0.25, 0.3) is 0 Å². The Balaban J connectivity index is 1.57. The third-order valence-electron chi connectivity index (χ3n) is 3.66. The summed E-state index contributed by atoms with van der Waals surface area (Å²) in [7, 11) is 2.08. The van der Waals surface area contributed by atoms with Gasteiger partial charge in [-0.05, 0) is 19.9 Å². The Labute approximate surface area is 99.4 Å². The van der Waals surface area contributed by atoms with E-state index in [1.54, 1.807) is 0 Å². The Morgan fingerprint density at radius 3 is 2.53 bits per heavy atom. The van der Waals surface area contributed by atoms with E-state index in [1.807, 2.05) is 0 Å². The maximum atomic E-state index is 10.3. The first-order chi connectivity index (χ1) is 8.26. The molecule has 6 nitrogen and oxygen atoms in total. The highest BCUT2D eigenvalue weighted by molar-refractivity contribution is 5.47. The highest BCUT2D eigenvalue weighted by Crippen LogP contribution is 2.37. The summed E-state index contributed by atoms with van der Waals surface area (Å²) in [6, 6.07) is 0.280. The van der Waals surface area contributed by atoms with E-state index in [4.69, 9.17) is 4.42 Å². The SMILES string of the molecule is CN1CC(c2nnc(C3CC(NC=O)C3)o2)C1. The predicted molar refractivity (Wildman–Crippen MR) is 59.5 cm³/mol. The lowest BCUT2D eigenvalue weighted by Gasteiger charge is -2.34. The number of likely N-dealkylation sites (N-methyl/N-ethyl adjacent to an activating group) is 1. The van der Waals surface area contributed by atoms with Gasteiger partial charge in [-0.25, -0.2) is 0 Å². The molecule has 1 saturated heterocycles. The number of nitrogens with zero attached hydrogens (tertiary/aromatic N) is 3. The largest absolute Gasteiger partial charge is 0.425 e. The number of nitrogens with one attached hydrogen (secondary N) is 1. The summed E-state index contributed by atoms with van der Waals surface area (Å²) in [5, 5.41) is 11.0. The van der Waals surface area contributed by atoms with Gasteiger partial charge in [-0.2, -0.15) is 0 Å². The third kappa shape index (κ3) is 1.93. The fourth-order valence-corrected chi connectivity index (χ4v) is 2.48. The van der Waals surface area contributed by atoms with Crippen molar-refractivity contribution in [1.29, 1.82) is 0 Å². The van der Waals surface area contributed by atoms with Crippen LogP contribution >= 0.6 is 0 Å². The topological polar surface area (TPSA) is 71.3 Å². The van der Waals surface area contributed by atoms with E-state index in [1.165, 1.54) is 0 Å². The molecule has 0 aromatic carbocycles. The van der Waals surface area contributed by atoms with Crippen molar-refractivity contribution >= 4 is 6.41 Å². The Hall–Kier alpha value is -1.43. The summed E-state index contributed by atoms with van der Waals surface area (Å²) in [6.45, 7) is 2.00. The van der Waals surface area contributed by atoms with Crippen molar-refractivity contribution in [2.75, 3.05) is 20.1 Å². The van der Waals surface area contributed by atoms with Crippen molar-refractivity contribution in [3.8, 4) is 0 Å². The lowest BCUT2D eigenvalue weighted by Crippen LogP contribution is -2.41. The van der Waals surface area contributed by atoms with Crippen LogP contribution in [0.3, 0.4) is 0 Å². The van der Waals surface area contributed by atoms with E-state index < -0.39 is 0 Å². The molecule has 1 aromatic rings. The molecule has 6 heteroatoms. The highest BCUT2D eigenvalue weighted by Gasteiger charge is 2.36. The van der Waals surface area contributed by atoms with Crippen LogP contribution < -0.4 is 5.32 Å². The van der Waals surface area contributed by atoms with Crippen molar-refractivity contribution in [2.24, 2.45) is 0 Å². The first-order valence-corrected chi connectivity index (χ1v) is 5.98. The van der Waals surface area contributed by atoms with Gasteiger partial charge in [0.05, 0.1) is 5.92 Å². The molecule has 0 spiro atoms. The number of rotatable bonds is 4. The molecule has 92 valence electrons. The Morgan fingerprint density at radius 1 is 1.29 bits per heavy atom. The molecule has 0 bridgehead atoms. The van der Waals surface area contributed by atoms with Gasteiger partial charge in [0.2, 0.25) is 18.2 Å². The second-order valence-corrected chi connectivity index (χ2v) is 5.05. The van der Waals surface area contributed by atoms with Gasteiger partial charge in [0.1, 0.15) is 0 Å². The van der Waals surface area contributed by atoms with Crippen LogP contribution in [0.5, 0.6) is 0 Å². The average Bonchev–Trinajstić information content (AvgIpc) is 2.66. The number of hydrogen-bond acceptors (Lipinski definition) is 5. The van der Waals surface area contributed by atoms with Crippen LogP contribution in [0.15, 0.2) is 4.42 Å². The molecule has 0 atom stereocenters. The molecule has 1 N–H and O–H groups in total. The van der Waals surface area contributed by atoms with Crippen LogP contribution in [0.4, 0.5) is 0 Å². The monoisotopic (exact) mass is 236 g/mol. The second kappa shape index (κ2) is 4.10. The zero-order chi connectivity index (χ0) is 11.8. The van der Waals surface area contributed by atoms with Crippen LogP contribution in [-0.2, 0) is 4.79 Å². The van der Waals surface area contributed by atoms with Crippen molar-refractivity contribution < 1.29 is 9.21 Å². The molecule has 1 saturated carbocycles. The Kier molecular flexibility index (Phi) is 2.58. The normalized spacial score (nSPS) is 29.5. The first-order valence-electron chi connectivity index (χ1n) is 5.98. The maximum absolute atomic E-state index is 10.3. The number of carbonyl (C=O) groups is 1. The molecule has 3 rings (SSSR count). The maximum Gasteiger partial charge on any atom is 0.222 e. The molecule has 2 aliphatic rings. The van der Waals surface area contributed by atoms with E-state index >= 15 is 0 Å². The van der Waals surface area contributed by atoms with Gasteiger partial charge >= 0.3 is 0 Å². The van der Waals surface area contributed by atoms with Gasteiger partial charge in [0.15, 0.2) is 0 Å². The Bertz CT molecular complexity index is 407. The minimum atomic E-state index is 0.280. The van der Waals surface area contributed by atoms with Gasteiger partial charge in [-0.15, -0.1) is 10.2 Å². The minimum Gasteiger partial charge on any atom is -0.425 e. The number of likely N-dealkylation sites (tertiary alicyclic amines) is 1. The van der Waals surface area contributed by atoms with Crippen LogP contribution in [0.2, 0.25) is 0 Å².